The molecule has 0 radical (unpaired) electrons. The average Bonchev–Trinajstić information content (AvgIpc) is 3.09. The number of anilines is 1. The van der Waals surface area contributed by atoms with Crippen LogP contribution in [-0.2, 0) is 17.6 Å². The Hall–Kier alpha value is -2.12. The van der Waals surface area contributed by atoms with E-state index in [0.717, 1.165) is 28.1 Å². The lowest BCUT2D eigenvalue weighted by molar-refractivity contribution is -0.115. The molecule has 0 saturated heterocycles. The maximum atomic E-state index is 12.8. The van der Waals surface area contributed by atoms with Crippen LogP contribution in [0.15, 0.2) is 35.6 Å². The van der Waals surface area contributed by atoms with Gasteiger partial charge < -0.3 is 10.1 Å². The molecule has 0 unspecified atom stereocenters. The molecule has 0 spiro atoms. The van der Waals surface area contributed by atoms with E-state index >= 15 is 0 Å². The third-order valence-electron chi connectivity index (χ3n) is 4.82. The molecule has 0 bridgehead atoms. The van der Waals surface area contributed by atoms with Crippen molar-refractivity contribution in [3.63, 3.8) is 0 Å². The molecule has 28 heavy (non-hydrogen) atoms. The van der Waals surface area contributed by atoms with Crippen LogP contribution in [0.1, 0.15) is 37.1 Å². The van der Waals surface area contributed by atoms with Crippen LogP contribution in [0.2, 0.25) is 0 Å². The summed E-state index contributed by atoms with van der Waals surface area (Å²) in [7, 11) is 0. The largest absolute Gasteiger partial charge is 0.492 e. The fourth-order valence-electron chi connectivity index (χ4n) is 3.46. The van der Waals surface area contributed by atoms with Crippen LogP contribution < -0.4 is 10.1 Å². The highest BCUT2D eigenvalue weighted by molar-refractivity contribution is 8.00. The molecule has 0 saturated carbocycles. The molecule has 0 aliphatic heterocycles. The fraction of sp³-hybridized carbons (Fsp3) is 0.381. The standard InChI is InChI=1S/C21H23N3O2S2/c1-3-26-16-10-6-5-9-15(16)24-19(25)13(2)27-20-18-14-8-4-7-11-17(14)28-21(18)23-12-22-20/h5-6,9-10,12-13H,3-4,7-8,11H2,1-2H3,(H,24,25)/t13-/m1/s1. The number of nitrogens with one attached hydrogen (secondary N) is 1. The highest BCUT2D eigenvalue weighted by Crippen LogP contribution is 2.40. The molecule has 1 aliphatic rings. The Bertz CT molecular complexity index is 1000. The predicted octanol–water partition coefficient (Wildman–Crippen LogP) is 5.09. The smallest absolute Gasteiger partial charge is 0.237 e. The molecule has 0 fully saturated rings. The molecule has 5 nitrogen and oxygen atoms in total. The fourth-order valence-corrected chi connectivity index (χ4v) is 5.70. The molecule has 1 aliphatic carbocycles. The van der Waals surface area contributed by atoms with Gasteiger partial charge in [0.25, 0.3) is 0 Å². The molecule has 1 amide bonds. The van der Waals surface area contributed by atoms with Crippen molar-refractivity contribution < 1.29 is 9.53 Å². The van der Waals surface area contributed by atoms with Crippen LogP contribution >= 0.6 is 23.1 Å². The normalized spacial score (nSPS) is 14.5. The van der Waals surface area contributed by atoms with Gasteiger partial charge in [0.1, 0.15) is 21.9 Å². The van der Waals surface area contributed by atoms with Crippen molar-refractivity contribution in [2.45, 2.75) is 49.8 Å². The number of rotatable bonds is 6. The van der Waals surface area contributed by atoms with Gasteiger partial charge in [-0.25, -0.2) is 9.97 Å². The molecule has 146 valence electrons. The van der Waals surface area contributed by atoms with Crippen molar-refractivity contribution in [2.75, 3.05) is 11.9 Å². The van der Waals surface area contributed by atoms with E-state index in [2.05, 4.69) is 15.3 Å². The van der Waals surface area contributed by atoms with Gasteiger partial charge in [-0.1, -0.05) is 23.9 Å². The van der Waals surface area contributed by atoms with Gasteiger partial charge in [-0.05, 0) is 57.2 Å². The van der Waals surface area contributed by atoms with Gasteiger partial charge in [0, 0.05) is 10.3 Å². The van der Waals surface area contributed by atoms with Crippen LogP contribution in [0, 0.1) is 0 Å². The summed E-state index contributed by atoms with van der Waals surface area (Å²) in [6.45, 7) is 4.40. The zero-order valence-corrected chi connectivity index (χ0v) is 17.7. The Balaban J connectivity index is 1.55. The molecule has 2 aromatic heterocycles. The lowest BCUT2D eigenvalue weighted by atomic mass is 9.97. The summed E-state index contributed by atoms with van der Waals surface area (Å²) >= 11 is 3.28. The lowest BCUT2D eigenvalue weighted by Gasteiger charge is -2.15. The van der Waals surface area contributed by atoms with Crippen molar-refractivity contribution in [1.82, 2.24) is 9.97 Å². The van der Waals surface area contributed by atoms with Crippen LogP contribution in [0.3, 0.4) is 0 Å². The summed E-state index contributed by atoms with van der Waals surface area (Å²) in [5, 5.41) is 4.77. The van der Waals surface area contributed by atoms with Crippen LogP contribution in [0.25, 0.3) is 10.2 Å². The van der Waals surface area contributed by atoms with Crippen molar-refractivity contribution in [3.8, 4) is 5.75 Å². The van der Waals surface area contributed by atoms with E-state index in [1.54, 1.807) is 17.7 Å². The minimum atomic E-state index is -0.285. The summed E-state index contributed by atoms with van der Waals surface area (Å²) in [6.07, 6.45) is 6.28. The first-order valence-corrected chi connectivity index (χ1v) is 11.3. The summed E-state index contributed by atoms with van der Waals surface area (Å²) in [6, 6.07) is 7.51. The second kappa shape index (κ2) is 8.49. The third kappa shape index (κ3) is 3.86. The summed E-state index contributed by atoms with van der Waals surface area (Å²) < 4.78 is 5.60. The Morgan fingerprint density at radius 2 is 2.11 bits per heavy atom. The maximum absolute atomic E-state index is 12.8. The van der Waals surface area contributed by atoms with E-state index in [9.17, 15) is 4.79 Å². The van der Waals surface area contributed by atoms with E-state index in [1.165, 1.54) is 35.0 Å². The molecule has 1 atom stereocenters. The number of amides is 1. The summed E-state index contributed by atoms with van der Waals surface area (Å²) in [5.41, 5.74) is 2.09. The molecule has 2 heterocycles. The quantitative estimate of drug-likeness (QED) is 0.450. The maximum Gasteiger partial charge on any atom is 0.237 e. The number of fused-ring (bicyclic) bond motifs is 3. The molecular weight excluding hydrogens is 390 g/mol. The highest BCUT2D eigenvalue weighted by Gasteiger charge is 2.23. The number of thioether (sulfide) groups is 1. The van der Waals surface area contributed by atoms with Gasteiger partial charge >= 0.3 is 0 Å². The second-order valence-electron chi connectivity index (χ2n) is 6.75. The monoisotopic (exact) mass is 413 g/mol. The van der Waals surface area contributed by atoms with Crippen LogP contribution in [0.4, 0.5) is 5.69 Å². The number of hydrogen-bond donors (Lipinski definition) is 1. The number of carbonyl (C=O) groups excluding carboxylic acids is 1. The number of aryl methyl sites for hydroxylation is 2. The number of benzene rings is 1. The minimum absolute atomic E-state index is 0.0620. The second-order valence-corrected chi connectivity index (χ2v) is 9.16. The number of hydrogen-bond acceptors (Lipinski definition) is 6. The molecule has 1 aromatic carbocycles. The molecule has 3 aromatic rings. The minimum Gasteiger partial charge on any atom is -0.492 e. The average molecular weight is 414 g/mol. The first kappa shape index (κ1) is 19.2. The summed E-state index contributed by atoms with van der Waals surface area (Å²) in [5.74, 6) is 0.625. The number of aromatic nitrogens is 2. The highest BCUT2D eigenvalue weighted by atomic mass is 32.2. The Kier molecular flexibility index (Phi) is 5.82. The van der Waals surface area contributed by atoms with Crippen molar-refractivity contribution in [1.29, 1.82) is 0 Å². The topological polar surface area (TPSA) is 64.1 Å². The van der Waals surface area contributed by atoms with E-state index in [0.29, 0.717) is 18.0 Å². The summed E-state index contributed by atoms with van der Waals surface area (Å²) in [4.78, 5) is 24.3. The first-order valence-electron chi connectivity index (χ1n) is 9.62. The Morgan fingerprint density at radius 3 is 2.96 bits per heavy atom. The number of nitrogens with zero attached hydrogens (tertiary/aromatic N) is 2. The number of carbonyl (C=O) groups is 1. The Morgan fingerprint density at radius 1 is 1.29 bits per heavy atom. The van der Waals surface area contributed by atoms with E-state index in [4.69, 9.17) is 4.74 Å². The predicted molar refractivity (Wildman–Crippen MR) is 116 cm³/mol. The lowest BCUT2D eigenvalue weighted by Crippen LogP contribution is -2.23. The van der Waals surface area contributed by atoms with Crippen molar-refractivity contribution in [3.05, 3.63) is 41.0 Å². The van der Waals surface area contributed by atoms with E-state index in [1.807, 2.05) is 38.1 Å². The zero-order valence-electron chi connectivity index (χ0n) is 16.0. The van der Waals surface area contributed by atoms with Crippen LogP contribution in [0.5, 0.6) is 5.75 Å². The third-order valence-corrected chi connectivity index (χ3v) is 7.12. The van der Waals surface area contributed by atoms with Gasteiger partial charge in [0.15, 0.2) is 0 Å². The molecular formula is C21H23N3O2S2. The van der Waals surface area contributed by atoms with Crippen LogP contribution in [-0.4, -0.2) is 27.7 Å². The first-order chi connectivity index (χ1) is 13.7. The van der Waals surface area contributed by atoms with Crippen molar-refractivity contribution >= 4 is 44.9 Å². The SMILES string of the molecule is CCOc1ccccc1NC(=O)[C@@H](C)Sc1ncnc2sc3c(c12)CCCC3. The van der Waals surface area contributed by atoms with Gasteiger partial charge in [0.05, 0.1) is 17.5 Å². The van der Waals surface area contributed by atoms with Gasteiger partial charge in [0.2, 0.25) is 5.91 Å². The Labute approximate surface area is 172 Å². The van der Waals surface area contributed by atoms with Gasteiger partial charge in [-0.3, -0.25) is 4.79 Å². The molecule has 7 heteroatoms. The molecule has 1 N–H and O–H groups in total. The van der Waals surface area contributed by atoms with E-state index < -0.39 is 0 Å². The van der Waals surface area contributed by atoms with E-state index in [-0.39, 0.29) is 11.2 Å². The number of ether oxygens (including phenoxy) is 1. The van der Waals surface area contributed by atoms with Crippen molar-refractivity contribution in [2.24, 2.45) is 0 Å². The van der Waals surface area contributed by atoms with Gasteiger partial charge in [-0.2, -0.15) is 0 Å². The number of thiophene rings is 1. The molecule has 4 rings (SSSR count). The zero-order chi connectivity index (χ0) is 19.5. The van der Waals surface area contributed by atoms with Gasteiger partial charge in [-0.15, -0.1) is 11.3 Å². The number of para-hydroxylation sites is 2.